The molecule has 2 N–H and O–H groups in total. The van der Waals surface area contributed by atoms with Gasteiger partial charge in [-0.05, 0) is 11.6 Å². The van der Waals surface area contributed by atoms with E-state index in [9.17, 15) is 9.18 Å². The fraction of sp³-hybridized carbons (Fsp3) is 0.368. The molecule has 0 atom stereocenters. The van der Waals surface area contributed by atoms with Crippen molar-refractivity contribution in [1.82, 2.24) is 5.32 Å². The number of aromatic amines is 1. The first-order valence-electron chi connectivity index (χ1n) is 8.68. The average molecular weight is 376 g/mol. The van der Waals surface area contributed by atoms with Gasteiger partial charge in [0.15, 0.2) is 6.20 Å². The maximum absolute atomic E-state index is 13.5. The van der Waals surface area contributed by atoms with Crippen LogP contribution in [-0.2, 0) is 10.5 Å². The van der Waals surface area contributed by atoms with Crippen LogP contribution in [0.5, 0.6) is 0 Å². The molecule has 1 amide bonds. The van der Waals surface area contributed by atoms with Crippen LogP contribution in [0.15, 0.2) is 42.6 Å². The monoisotopic (exact) mass is 376 g/mol. The van der Waals surface area contributed by atoms with Gasteiger partial charge < -0.3 is 15.0 Å². The summed E-state index contributed by atoms with van der Waals surface area (Å²) in [7, 11) is 0. The number of amides is 1. The molecule has 1 aromatic carbocycles. The molecule has 0 spiro atoms. The van der Waals surface area contributed by atoms with Gasteiger partial charge in [-0.3, -0.25) is 4.79 Å². The lowest BCUT2D eigenvalue weighted by Crippen LogP contribution is -2.37. The number of morpholine rings is 1. The number of ether oxygens (including phenoxy) is 1. The van der Waals surface area contributed by atoms with E-state index in [-0.39, 0.29) is 11.7 Å². The number of nitrogens with zero attached hydrogens (tertiary/aromatic N) is 1. The van der Waals surface area contributed by atoms with E-state index in [1.54, 1.807) is 30.1 Å². The number of pyridine rings is 1. The molecule has 7 heteroatoms. The predicted molar refractivity (Wildman–Crippen MR) is 101 cm³/mol. The third kappa shape index (κ3) is 5.19. The molecule has 1 fully saturated rings. The number of H-pyrrole nitrogens is 1. The van der Waals surface area contributed by atoms with Gasteiger partial charge in [-0.2, -0.15) is 11.8 Å². The Morgan fingerprint density at radius 3 is 2.88 bits per heavy atom. The molecule has 26 heavy (non-hydrogen) atoms. The van der Waals surface area contributed by atoms with Crippen LogP contribution < -0.4 is 15.2 Å². The van der Waals surface area contributed by atoms with Crippen molar-refractivity contribution in [1.29, 1.82) is 0 Å². The summed E-state index contributed by atoms with van der Waals surface area (Å²) in [5.74, 6) is 1.01. The van der Waals surface area contributed by atoms with Crippen molar-refractivity contribution in [3.63, 3.8) is 0 Å². The van der Waals surface area contributed by atoms with E-state index < -0.39 is 0 Å². The summed E-state index contributed by atoms with van der Waals surface area (Å²) >= 11 is 1.60. The molecule has 1 aromatic heterocycles. The van der Waals surface area contributed by atoms with Crippen LogP contribution in [0, 0.1) is 5.82 Å². The highest BCUT2D eigenvalue weighted by Crippen LogP contribution is 2.16. The van der Waals surface area contributed by atoms with Crippen molar-refractivity contribution in [2.75, 3.05) is 43.5 Å². The number of nitrogens with one attached hydrogen (secondary N) is 2. The van der Waals surface area contributed by atoms with E-state index >= 15 is 0 Å². The first kappa shape index (κ1) is 18.7. The van der Waals surface area contributed by atoms with Crippen molar-refractivity contribution in [2.24, 2.45) is 0 Å². The number of halogens is 1. The second-order valence-corrected chi connectivity index (χ2v) is 7.07. The van der Waals surface area contributed by atoms with Crippen LogP contribution in [0.25, 0.3) is 0 Å². The fourth-order valence-electron chi connectivity index (χ4n) is 2.73. The van der Waals surface area contributed by atoms with E-state index in [1.165, 1.54) is 6.07 Å². The van der Waals surface area contributed by atoms with Crippen molar-refractivity contribution >= 4 is 23.4 Å². The van der Waals surface area contributed by atoms with Crippen molar-refractivity contribution < 1.29 is 18.9 Å². The van der Waals surface area contributed by atoms with E-state index in [0.29, 0.717) is 36.8 Å². The number of hydrogen-bond donors (Lipinski definition) is 1. The van der Waals surface area contributed by atoms with Crippen molar-refractivity contribution in [3.05, 3.63) is 59.7 Å². The zero-order valence-electron chi connectivity index (χ0n) is 14.5. The standard InChI is InChI=1S/C19H22FN3O2S/c20-17-4-2-1-3-15(17)14-26-12-7-22-19(24)18-13-16(5-6-21-18)23-8-10-25-11-9-23/h1-6,13H,7-12,14H2,(H,22,24)/p+1. The molecule has 1 aliphatic rings. The van der Waals surface area contributed by atoms with E-state index in [0.717, 1.165) is 24.5 Å². The molecule has 2 aromatic rings. The van der Waals surface area contributed by atoms with E-state index in [1.807, 2.05) is 18.2 Å². The molecule has 1 saturated heterocycles. The number of hydrogen-bond acceptors (Lipinski definition) is 4. The number of thioether (sulfide) groups is 1. The van der Waals surface area contributed by atoms with Gasteiger partial charge in [0.1, 0.15) is 5.82 Å². The van der Waals surface area contributed by atoms with Gasteiger partial charge >= 0.3 is 5.91 Å². The fourth-order valence-corrected chi connectivity index (χ4v) is 3.58. The van der Waals surface area contributed by atoms with Crippen LogP contribution in [-0.4, -0.2) is 44.5 Å². The topological polar surface area (TPSA) is 55.7 Å². The molecule has 5 nitrogen and oxygen atoms in total. The third-order valence-electron chi connectivity index (χ3n) is 4.15. The van der Waals surface area contributed by atoms with Crippen LogP contribution in [0.4, 0.5) is 10.1 Å². The Kier molecular flexibility index (Phi) is 6.85. The SMILES string of the molecule is O=C(NCCSCc1ccccc1F)c1cc(N2CCOCC2)cc[nH+]1. The summed E-state index contributed by atoms with van der Waals surface area (Å²) in [6, 6.07) is 10.6. The lowest BCUT2D eigenvalue weighted by molar-refractivity contribution is -0.381. The Labute approximate surface area is 156 Å². The van der Waals surface area contributed by atoms with Crippen molar-refractivity contribution in [3.8, 4) is 0 Å². The number of aromatic nitrogens is 1. The number of carbonyl (C=O) groups is 1. The quantitative estimate of drug-likeness (QED) is 0.753. The minimum absolute atomic E-state index is 0.133. The molecule has 2 heterocycles. The first-order chi connectivity index (χ1) is 12.7. The zero-order chi connectivity index (χ0) is 18.2. The van der Waals surface area contributed by atoms with E-state index in [2.05, 4.69) is 15.2 Å². The van der Waals surface area contributed by atoms with Crippen LogP contribution >= 0.6 is 11.8 Å². The Balaban J connectivity index is 1.44. The lowest BCUT2D eigenvalue weighted by Gasteiger charge is -2.28. The smallest absolute Gasteiger partial charge is 0.316 e. The van der Waals surface area contributed by atoms with Gasteiger partial charge in [0.2, 0.25) is 0 Å². The van der Waals surface area contributed by atoms with E-state index in [4.69, 9.17) is 4.74 Å². The highest BCUT2D eigenvalue weighted by atomic mass is 32.2. The molecule has 0 unspecified atom stereocenters. The summed E-state index contributed by atoms with van der Waals surface area (Å²) < 4.78 is 18.9. The molecule has 0 aliphatic carbocycles. The Morgan fingerprint density at radius 1 is 1.27 bits per heavy atom. The number of anilines is 1. The maximum Gasteiger partial charge on any atom is 0.316 e. The summed E-state index contributed by atoms with van der Waals surface area (Å²) in [4.78, 5) is 17.5. The highest BCUT2D eigenvalue weighted by Gasteiger charge is 2.17. The maximum atomic E-state index is 13.5. The van der Waals surface area contributed by atoms with Gasteiger partial charge in [0, 0.05) is 49.0 Å². The van der Waals surface area contributed by atoms with Crippen molar-refractivity contribution in [2.45, 2.75) is 5.75 Å². The van der Waals surface area contributed by atoms with Crippen LogP contribution in [0.2, 0.25) is 0 Å². The summed E-state index contributed by atoms with van der Waals surface area (Å²) in [5.41, 5.74) is 2.24. The second-order valence-electron chi connectivity index (χ2n) is 5.96. The predicted octanol–water partition coefficient (Wildman–Crippen LogP) is 2.14. The van der Waals surface area contributed by atoms with Gasteiger partial charge in [-0.15, -0.1) is 0 Å². The Bertz CT molecular complexity index is 738. The normalized spacial score (nSPS) is 14.3. The zero-order valence-corrected chi connectivity index (χ0v) is 15.4. The minimum atomic E-state index is -0.182. The number of carbonyl (C=O) groups excluding carboxylic acids is 1. The van der Waals surface area contributed by atoms with Gasteiger partial charge in [-0.25, -0.2) is 9.37 Å². The molecule has 0 saturated carbocycles. The molecule has 0 bridgehead atoms. The molecular formula is C19H23FN3O2S+. The Morgan fingerprint density at radius 2 is 2.08 bits per heavy atom. The van der Waals surface area contributed by atoms with Crippen LogP contribution in [0.1, 0.15) is 16.1 Å². The molecule has 3 rings (SSSR count). The third-order valence-corrected chi connectivity index (χ3v) is 5.16. The van der Waals surface area contributed by atoms with Gasteiger partial charge in [0.05, 0.1) is 13.2 Å². The largest absolute Gasteiger partial charge is 0.378 e. The number of rotatable bonds is 7. The highest BCUT2D eigenvalue weighted by molar-refractivity contribution is 7.98. The molecule has 0 radical (unpaired) electrons. The van der Waals surface area contributed by atoms with Gasteiger partial charge in [-0.1, -0.05) is 18.2 Å². The van der Waals surface area contributed by atoms with Crippen LogP contribution in [0.3, 0.4) is 0 Å². The first-order valence-corrected chi connectivity index (χ1v) is 9.83. The molecule has 1 aliphatic heterocycles. The molecular weight excluding hydrogens is 353 g/mol. The summed E-state index contributed by atoms with van der Waals surface area (Å²) in [5, 5.41) is 2.90. The number of benzene rings is 1. The van der Waals surface area contributed by atoms with Gasteiger partial charge in [0.25, 0.3) is 5.69 Å². The summed E-state index contributed by atoms with van der Waals surface area (Å²) in [6.07, 6.45) is 1.78. The summed E-state index contributed by atoms with van der Waals surface area (Å²) in [6.45, 7) is 3.61. The average Bonchev–Trinajstić information content (AvgIpc) is 2.69. The lowest BCUT2D eigenvalue weighted by atomic mass is 10.2. The second kappa shape index (κ2) is 9.54. The minimum Gasteiger partial charge on any atom is -0.378 e. The Hall–Kier alpha value is -2.12. The molecule has 138 valence electrons.